The summed E-state index contributed by atoms with van der Waals surface area (Å²) in [5.41, 5.74) is 6.87. The second-order valence-electron chi connectivity index (χ2n) is 3.86. The topological polar surface area (TPSA) is 59.6 Å². The lowest BCUT2D eigenvalue weighted by molar-refractivity contribution is 0.322. The van der Waals surface area contributed by atoms with E-state index in [0.717, 1.165) is 18.7 Å². The summed E-state index contributed by atoms with van der Waals surface area (Å²) in [7, 11) is 0. The van der Waals surface area contributed by atoms with Crippen LogP contribution in [0.5, 0.6) is 5.75 Å². The van der Waals surface area contributed by atoms with E-state index in [1.165, 1.54) is 5.56 Å². The number of rotatable bonds is 6. The Hall–Kier alpha value is -1.71. The van der Waals surface area contributed by atoms with Gasteiger partial charge in [-0.1, -0.05) is 24.6 Å². The molecule has 0 saturated heterocycles. The molecular formula is C13H21N3O. The number of nitrogens with two attached hydrogens (primary N) is 1. The van der Waals surface area contributed by atoms with Gasteiger partial charge in [0.1, 0.15) is 12.4 Å². The molecular weight excluding hydrogens is 214 g/mol. The molecule has 0 aliphatic rings. The van der Waals surface area contributed by atoms with Crippen LogP contribution < -0.4 is 15.8 Å². The molecule has 0 amide bonds. The van der Waals surface area contributed by atoms with Crippen molar-refractivity contribution in [2.75, 3.05) is 19.7 Å². The first-order valence-electron chi connectivity index (χ1n) is 5.95. The first-order chi connectivity index (χ1) is 8.22. The lowest BCUT2D eigenvalue weighted by Gasteiger charge is -2.08. The van der Waals surface area contributed by atoms with Crippen LogP contribution >= 0.6 is 0 Å². The Labute approximate surface area is 103 Å². The summed E-state index contributed by atoms with van der Waals surface area (Å²) < 4.78 is 5.54. The van der Waals surface area contributed by atoms with E-state index in [2.05, 4.69) is 24.2 Å². The number of aryl methyl sites for hydroxylation is 1. The molecule has 0 saturated carbocycles. The van der Waals surface area contributed by atoms with Crippen molar-refractivity contribution in [2.24, 2.45) is 10.7 Å². The van der Waals surface area contributed by atoms with Crippen molar-refractivity contribution < 1.29 is 4.74 Å². The van der Waals surface area contributed by atoms with Gasteiger partial charge in [0.25, 0.3) is 0 Å². The normalized spacial score (nSPS) is 11.3. The van der Waals surface area contributed by atoms with Gasteiger partial charge >= 0.3 is 0 Å². The number of nitrogens with one attached hydrogen (secondary N) is 1. The van der Waals surface area contributed by atoms with Gasteiger partial charge in [-0.05, 0) is 25.5 Å². The molecule has 1 rings (SSSR count). The van der Waals surface area contributed by atoms with Crippen molar-refractivity contribution in [1.29, 1.82) is 0 Å². The third-order valence-electron chi connectivity index (χ3n) is 2.20. The van der Waals surface area contributed by atoms with Crippen molar-refractivity contribution in [3.8, 4) is 5.75 Å². The molecule has 0 aliphatic carbocycles. The Balaban J connectivity index is 2.18. The summed E-state index contributed by atoms with van der Waals surface area (Å²) in [5.74, 6) is 1.36. The van der Waals surface area contributed by atoms with E-state index in [1.807, 2.05) is 24.3 Å². The maximum atomic E-state index is 5.64. The Morgan fingerprint density at radius 3 is 2.71 bits per heavy atom. The number of guanidine groups is 1. The summed E-state index contributed by atoms with van der Waals surface area (Å²) in [4.78, 5) is 4.13. The van der Waals surface area contributed by atoms with E-state index >= 15 is 0 Å². The SMILES string of the molecule is CCCN=C(N)NCCOc1ccc(C)cc1. The van der Waals surface area contributed by atoms with Gasteiger partial charge in [-0.25, -0.2) is 0 Å². The van der Waals surface area contributed by atoms with Gasteiger partial charge in [-0.3, -0.25) is 4.99 Å². The van der Waals surface area contributed by atoms with Gasteiger partial charge < -0.3 is 15.8 Å². The molecule has 17 heavy (non-hydrogen) atoms. The quantitative estimate of drug-likeness (QED) is 0.448. The molecule has 0 unspecified atom stereocenters. The first-order valence-corrected chi connectivity index (χ1v) is 5.95. The number of hydrogen-bond acceptors (Lipinski definition) is 2. The van der Waals surface area contributed by atoms with Crippen molar-refractivity contribution in [1.82, 2.24) is 5.32 Å². The molecule has 0 heterocycles. The smallest absolute Gasteiger partial charge is 0.188 e. The number of ether oxygens (including phenoxy) is 1. The number of hydrogen-bond donors (Lipinski definition) is 2. The third kappa shape index (κ3) is 5.80. The zero-order valence-corrected chi connectivity index (χ0v) is 10.6. The second kappa shape index (κ2) is 7.54. The van der Waals surface area contributed by atoms with Crippen LogP contribution in [0.15, 0.2) is 29.3 Å². The van der Waals surface area contributed by atoms with E-state index in [1.54, 1.807) is 0 Å². The standard InChI is InChI=1S/C13H21N3O/c1-3-8-15-13(14)16-9-10-17-12-6-4-11(2)5-7-12/h4-7H,3,8-10H2,1-2H3,(H3,14,15,16). The zero-order chi connectivity index (χ0) is 12.5. The third-order valence-corrected chi connectivity index (χ3v) is 2.20. The lowest BCUT2D eigenvalue weighted by atomic mass is 10.2. The summed E-state index contributed by atoms with van der Waals surface area (Å²) in [6.07, 6.45) is 1.00. The highest BCUT2D eigenvalue weighted by Gasteiger charge is 1.94. The lowest BCUT2D eigenvalue weighted by Crippen LogP contribution is -2.34. The van der Waals surface area contributed by atoms with Crippen molar-refractivity contribution in [3.63, 3.8) is 0 Å². The minimum atomic E-state index is 0.486. The summed E-state index contributed by atoms with van der Waals surface area (Å²) >= 11 is 0. The van der Waals surface area contributed by atoms with Crippen LogP contribution in [0.1, 0.15) is 18.9 Å². The molecule has 4 nitrogen and oxygen atoms in total. The van der Waals surface area contributed by atoms with Gasteiger partial charge in [0.2, 0.25) is 0 Å². The van der Waals surface area contributed by atoms with Crippen molar-refractivity contribution in [2.45, 2.75) is 20.3 Å². The average molecular weight is 235 g/mol. The first kappa shape index (κ1) is 13.4. The minimum absolute atomic E-state index is 0.486. The van der Waals surface area contributed by atoms with Crippen LogP contribution in [0.4, 0.5) is 0 Å². The van der Waals surface area contributed by atoms with Crippen LogP contribution in [0.25, 0.3) is 0 Å². The molecule has 0 atom stereocenters. The molecule has 0 bridgehead atoms. The maximum absolute atomic E-state index is 5.64. The molecule has 0 aliphatic heterocycles. The zero-order valence-electron chi connectivity index (χ0n) is 10.6. The summed E-state index contributed by atoms with van der Waals surface area (Å²) in [5, 5.41) is 3.00. The highest BCUT2D eigenvalue weighted by Crippen LogP contribution is 2.10. The van der Waals surface area contributed by atoms with Crippen LogP contribution in [-0.4, -0.2) is 25.7 Å². The highest BCUT2D eigenvalue weighted by atomic mass is 16.5. The molecule has 3 N–H and O–H groups in total. The fraction of sp³-hybridized carbons (Fsp3) is 0.462. The van der Waals surface area contributed by atoms with E-state index in [9.17, 15) is 0 Å². The Morgan fingerprint density at radius 2 is 2.06 bits per heavy atom. The van der Waals surface area contributed by atoms with Gasteiger partial charge in [0.05, 0.1) is 6.54 Å². The number of nitrogens with zero attached hydrogens (tertiary/aromatic N) is 1. The molecule has 0 spiro atoms. The van der Waals surface area contributed by atoms with E-state index in [0.29, 0.717) is 19.1 Å². The monoisotopic (exact) mass is 235 g/mol. The predicted octanol–water partition coefficient (Wildman–Crippen LogP) is 1.69. The molecule has 0 radical (unpaired) electrons. The van der Waals surface area contributed by atoms with Crippen LogP contribution in [0.3, 0.4) is 0 Å². The second-order valence-corrected chi connectivity index (χ2v) is 3.86. The average Bonchev–Trinajstić information content (AvgIpc) is 2.34. The Bertz CT molecular complexity index is 346. The van der Waals surface area contributed by atoms with E-state index in [4.69, 9.17) is 10.5 Å². The van der Waals surface area contributed by atoms with Crippen LogP contribution in [0.2, 0.25) is 0 Å². The van der Waals surface area contributed by atoms with E-state index in [-0.39, 0.29) is 0 Å². The number of benzene rings is 1. The minimum Gasteiger partial charge on any atom is -0.492 e. The Kier molecular flexibility index (Phi) is 5.93. The van der Waals surface area contributed by atoms with Crippen molar-refractivity contribution >= 4 is 5.96 Å². The predicted molar refractivity (Wildman–Crippen MR) is 71.5 cm³/mol. The summed E-state index contributed by atoms with van der Waals surface area (Å²) in [6.45, 7) is 6.11. The van der Waals surface area contributed by atoms with E-state index < -0.39 is 0 Å². The summed E-state index contributed by atoms with van der Waals surface area (Å²) in [6, 6.07) is 7.98. The van der Waals surface area contributed by atoms with Crippen molar-refractivity contribution in [3.05, 3.63) is 29.8 Å². The Morgan fingerprint density at radius 1 is 1.35 bits per heavy atom. The largest absolute Gasteiger partial charge is 0.492 e. The fourth-order valence-corrected chi connectivity index (χ4v) is 1.27. The molecule has 0 aromatic heterocycles. The maximum Gasteiger partial charge on any atom is 0.188 e. The highest BCUT2D eigenvalue weighted by molar-refractivity contribution is 5.77. The van der Waals surface area contributed by atoms with Crippen LogP contribution in [0, 0.1) is 6.92 Å². The van der Waals surface area contributed by atoms with Gasteiger partial charge in [-0.15, -0.1) is 0 Å². The van der Waals surface area contributed by atoms with Gasteiger partial charge in [0, 0.05) is 6.54 Å². The molecule has 4 heteroatoms. The van der Waals surface area contributed by atoms with Crippen LogP contribution in [-0.2, 0) is 0 Å². The molecule has 94 valence electrons. The molecule has 1 aromatic carbocycles. The molecule has 1 aromatic rings. The molecule has 0 fully saturated rings. The fourth-order valence-electron chi connectivity index (χ4n) is 1.27. The number of aliphatic imine (C=N–C) groups is 1. The van der Waals surface area contributed by atoms with Gasteiger partial charge in [-0.2, -0.15) is 0 Å². The van der Waals surface area contributed by atoms with Gasteiger partial charge in [0.15, 0.2) is 5.96 Å².